The van der Waals surface area contributed by atoms with Crippen molar-refractivity contribution >= 4 is 0 Å². The first-order valence-corrected chi connectivity index (χ1v) is 5.74. The lowest BCUT2D eigenvalue weighted by Gasteiger charge is -2.29. The van der Waals surface area contributed by atoms with Gasteiger partial charge in [0.1, 0.15) is 6.10 Å². The van der Waals surface area contributed by atoms with Gasteiger partial charge in [-0.05, 0) is 11.8 Å². The zero-order valence-corrected chi connectivity index (χ0v) is 10.5. The van der Waals surface area contributed by atoms with E-state index in [-0.39, 0.29) is 5.41 Å². The number of aromatic nitrogens is 2. The summed E-state index contributed by atoms with van der Waals surface area (Å²) in [4.78, 5) is 0. The third-order valence-electron chi connectivity index (χ3n) is 2.63. The summed E-state index contributed by atoms with van der Waals surface area (Å²) < 4.78 is 1.79. The van der Waals surface area contributed by atoms with Crippen molar-refractivity contribution in [2.24, 2.45) is 5.41 Å². The van der Waals surface area contributed by atoms with Crippen LogP contribution in [0.25, 0.3) is 0 Å². The van der Waals surface area contributed by atoms with E-state index in [1.54, 1.807) is 17.1 Å². The van der Waals surface area contributed by atoms with Gasteiger partial charge in [0, 0.05) is 18.3 Å². The van der Waals surface area contributed by atoms with E-state index in [9.17, 15) is 10.2 Å². The Bertz CT molecular complexity index is 328. The van der Waals surface area contributed by atoms with E-state index in [1.165, 1.54) is 0 Å². The van der Waals surface area contributed by atoms with E-state index < -0.39 is 12.2 Å². The highest BCUT2D eigenvalue weighted by Crippen LogP contribution is 2.29. The molecular weight excluding hydrogens is 204 g/mol. The van der Waals surface area contributed by atoms with Gasteiger partial charge < -0.3 is 10.2 Å². The molecule has 4 nitrogen and oxygen atoms in total. The van der Waals surface area contributed by atoms with Crippen LogP contribution in [0.5, 0.6) is 0 Å². The standard InChI is InChI=1S/C12H22N2O2/c1-5-6-14-8-9(7-13-14)10(15)11(16)12(2,3)4/h7-8,10-11,15-16H,5-6H2,1-4H3. The van der Waals surface area contributed by atoms with Gasteiger partial charge in [0.15, 0.2) is 0 Å². The lowest BCUT2D eigenvalue weighted by atomic mass is 9.84. The zero-order chi connectivity index (χ0) is 12.3. The number of aliphatic hydroxyl groups is 2. The summed E-state index contributed by atoms with van der Waals surface area (Å²) in [5.41, 5.74) is 0.336. The zero-order valence-electron chi connectivity index (χ0n) is 10.5. The molecule has 0 radical (unpaired) electrons. The highest BCUT2D eigenvalue weighted by atomic mass is 16.3. The Morgan fingerprint density at radius 3 is 2.50 bits per heavy atom. The Morgan fingerprint density at radius 1 is 1.38 bits per heavy atom. The molecule has 0 spiro atoms. The number of hydrogen-bond donors (Lipinski definition) is 2. The van der Waals surface area contributed by atoms with Crippen LogP contribution < -0.4 is 0 Å². The average Bonchev–Trinajstić information content (AvgIpc) is 2.63. The Labute approximate surface area is 96.9 Å². The highest BCUT2D eigenvalue weighted by molar-refractivity contribution is 5.10. The molecule has 4 heteroatoms. The van der Waals surface area contributed by atoms with Crippen LogP contribution in [0.2, 0.25) is 0 Å². The minimum Gasteiger partial charge on any atom is -0.390 e. The quantitative estimate of drug-likeness (QED) is 0.822. The third kappa shape index (κ3) is 3.06. The van der Waals surface area contributed by atoms with E-state index in [1.807, 2.05) is 20.8 Å². The van der Waals surface area contributed by atoms with Crippen molar-refractivity contribution < 1.29 is 10.2 Å². The van der Waals surface area contributed by atoms with Gasteiger partial charge in [0.05, 0.1) is 12.3 Å². The predicted molar refractivity (Wildman–Crippen MR) is 62.9 cm³/mol. The smallest absolute Gasteiger partial charge is 0.108 e. The Morgan fingerprint density at radius 2 is 2.00 bits per heavy atom. The monoisotopic (exact) mass is 226 g/mol. The Balaban J connectivity index is 2.76. The normalized spacial score (nSPS) is 16.1. The molecule has 0 aliphatic heterocycles. The maximum absolute atomic E-state index is 10.0. The topological polar surface area (TPSA) is 58.3 Å². The first kappa shape index (κ1) is 13.2. The lowest BCUT2D eigenvalue weighted by molar-refractivity contribution is -0.0458. The van der Waals surface area contributed by atoms with Gasteiger partial charge in [-0.15, -0.1) is 0 Å². The van der Waals surface area contributed by atoms with Crippen LogP contribution in [0.4, 0.5) is 0 Å². The number of hydrogen-bond acceptors (Lipinski definition) is 3. The molecule has 92 valence electrons. The van der Waals surface area contributed by atoms with Gasteiger partial charge >= 0.3 is 0 Å². The van der Waals surface area contributed by atoms with E-state index >= 15 is 0 Å². The first-order chi connectivity index (χ1) is 7.36. The summed E-state index contributed by atoms with van der Waals surface area (Å²) in [5.74, 6) is 0. The minimum absolute atomic E-state index is 0.341. The second-order valence-corrected chi connectivity index (χ2v) is 5.29. The van der Waals surface area contributed by atoms with Crippen molar-refractivity contribution in [3.8, 4) is 0 Å². The van der Waals surface area contributed by atoms with E-state index in [0.29, 0.717) is 5.56 Å². The summed E-state index contributed by atoms with van der Waals surface area (Å²) in [7, 11) is 0. The number of rotatable bonds is 4. The van der Waals surface area contributed by atoms with E-state index in [2.05, 4.69) is 12.0 Å². The fourth-order valence-corrected chi connectivity index (χ4v) is 1.54. The molecule has 0 saturated carbocycles. The van der Waals surface area contributed by atoms with Crippen molar-refractivity contribution in [1.82, 2.24) is 9.78 Å². The second-order valence-electron chi connectivity index (χ2n) is 5.29. The van der Waals surface area contributed by atoms with Gasteiger partial charge in [-0.3, -0.25) is 4.68 Å². The molecule has 0 amide bonds. The highest BCUT2D eigenvalue weighted by Gasteiger charge is 2.30. The van der Waals surface area contributed by atoms with Crippen molar-refractivity contribution in [1.29, 1.82) is 0 Å². The molecule has 1 aromatic rings. The van der Waals surface area contributed by atoms with Gasteiger partial charge in [0.2, 0.25) is 0 Å². The molecular formula is C12H22N2O2. The minimum atomic E-state index is -0.870. The molecule has 2 N–H and O–H groups in total. The van der Waals surface area contributed by atoms with Crippen LogP contribution in [-0.2, 0) is 6.54 Å². The number of nitrogens with zero attached hydrogens (tertiary/aromatic N) is 2. The van der Waals surface area contributed by atoms with Crippen LogP contribution in [0.1, 0.15) is 45.8 Å². The summed E-state index contributed by atoms with van der Waals surface area (Å²) >= 11 is 0. The Hall–Kier alpha value is -0.870. The van der Waals surface area contributed by atoms with Gasteiger partial charge in [-0.25, -0.2) is 0 Å². The molecule has 0 aromatic carbocycles. The molecule has 1 heterocycles. The van der Waals surface area contributed by atoms with Crippen LogP contribution in [0, 0.1) is 5.41 Å². The maximum Gasteiger partial charge on any atom is 0.108 e. The SMILES string of the molecule is CCCn1cc(C(O)C(O)C(C)(C)C)cn1. The number of aliphatic hydroxyl groups excluding tert-OH is 2. The average molecular weight is 226 g/mol. The number of aryl methyl sites for hydroxylation is 1. The lowest BCUT2D eigenvalue weighted by Crippen LogP contribution is -2.32. The Kier molecular flexibility index (Phi) is 4.10. The van der Waals surface area contributed by atoms with Crippen molar-refractivity contribution in [2.45, 2.75) is 52.9 Å². The van der Waals surface area contributed by atoms with Gasteiger partial charge in [-0.2, -0.15) is 5.10 Å². The summed E-state index contributed by atoms with van der Waals surface area (Å²) in [6, 6.07) is 0. The molecule has 0 aliphatic carbocycles. The van der Waals surface area contributed by atoms with Crippen molar-refractivity contribution in [3.05, 3.63) is 18.0 Å². The molecule has 1 rings (SSSR count). The predicted octanol–water partition coefficient (Wildman–Crippen LogP) is 1.73. The largest absolute Gasteiger partial charge is 0.390 e. The summed E-state index contributed by atoms with van der Waals surface area (Å²) in [6.45, 7) is 8.60. The maximum atomic E-state index is 10.0. The van der Waals surface area contributed by atoms with Gasteiger partial charge in [-0.1, -0.05) is 27.7 Å². The van der Waals surface area contributed by atoms with Crippen LogP contribution >= 0.6 is 0 Å². The summed E-state index contributed by atoms with van der Waals surface area (Å²) in [5, 5.41) is 24.1. The van der Waals surface area contributed by atoms with Crippen LogP contribution in [0.15, 0.2) is 12.4 Å². The molecule has 2 atom stereocenters. The molecule has 0 bridgehead atoms. The summed E-state index contributed by atoms with van der Waals surface area (Å²) in [6.07, 6.45) is 2.76. The van der Waals surface area contributed by atoms with Crippen molar-refractivity contribution in [3.63, 3.8) is 0 Å². The molecule has 1 aromatic heterocycles. The third-order valence-corrected chi connectivity index (χ3v) is 2.63. The fourth-order valence-electron chi connectivity index (χ4n) is 1.54. The molecule has 16 heavy (non-hydrogen) atoms. The van der Waals surface area contributed by atoms with Crippen LogP contribution in [-0.4, -0.2) is 26.1 Å². The second kappa shape index (κ2) is 4.97. The fraction of sp³-hybridized carbons (Fsp3) is 0.750. The molecule has 0 aliphatic rings. The first-order valence-electron chi connectivity index (χ1n) is 5.74. The van der Waals surface area contributed by atoms with E-state index in [4.69, 9.17) is 0 Å². The molecule has 2 unspecified atom stereocenters. The van der Waals surface area contributed by atoms with Crippen molar-refractivity contribution in [2.75, 3.05) is 0 Å². The van der Waals surface area contributed by atoms with E-state index in [0.717, 1.165) is 13.0 Å². The van der Waals surface area contributed by atoms with Crippen LogP contribution in [0.3, 0.4) is 0 Å². The molecule has 0 saturated heterocycles. The molecule has 0 fully saturated rings. The van der Waals surface area contributed by atoms with Gasteiger partial charge in [0.25, 0.3) is 0 Å².